The van der Waals surface area contributed by atoms with E-state index >= 15 is 0 Å². The van der Waals surface area contributed by atoms with E-state index in [4.69, 9.17) is 4.84 Å². The zero-order chi connectivity index (χ0) is 16.0. The second-order valence-electron chi connectivity index (χ2n) is 5.13. The number of rotatable bonds is 3. The molecule has 3 aliphatic rings. The number of thioether (sulfide) groups is 1. The molecule has 0 atom stereocenters. The lowest BCUT2D eigenvalue weighted by molar-refractivity contribution is -0.167. The highest BCUT2D eigenvalue weighted by Gasteiger charge is 2.39. The first-order chi connectivity index (χ1) is 11.1. The maximum Gasteiger partial charge on any atom is 0.339 e. The molecule has 7 nitrogen and oxygen atoms in total. The smallest absolute Gasteiger partial charge is 0.329 e. The van der Waals surface area contributed by atoms with Crippen LogP contribution in [0.25, 0.3) is 0 Å². The van der Waals surface area contributed by atoms with Crippen LogP contribution in [0.5, 0.6) is 0 Å². The van der Waals surface area contributed by atoms with E-state index < -0.39 is 17.8 Å². The normalized spacial score (nSPS) is 18.8. The molecule has 4 rings (SSSR count). The first kappa shape index (κ1) is 14.0. The summed E-state index contributed by atoms with van der Waals surface area (Å²) in [6.45, 7) is 1.43. The molecule has 0 bridgehead atoms. The highest BCUT2D eigenvalue weighted by molar-refractivity contribution is 8.16. The van der Waals surface area contributed by atoms with Crippen molar-refractivity contribution in [3.05, 3.63) is 46.5 Å². The third kappa shape index (κ3) is 2.22. The number of hydrogen-bond acceptors (Lipinski definition) is 7. The molecule has 0 unspecified atom stereocenters. The van der Waals surface area contributed by atoms with E-state index in [-0.39, 0.29) is 17.5 Å². The van der Waals surface area contributed by atoms with Crippen molar-refractivity contribution in [3.8, 4) is 0 Å². The zero-order valence-electron chi connectivity index (χ0n) is 11.9. The molecule has 0 fully saturated rings. The molecule has 0 radical (unpaired) electrons. The molecular formula is C15H11N3O4S. The molecule has 3 heterocycles. The molecule has 0 saturated carbocycles. The highest BCUT2D eigenvalue weighted by atomic mass is 32.2. The summed E-state index contributed by atoms with van der Waals surface area (Å²) in [7, 11) is 0. The fourth-order valence-corrected chi connectivity index (χ4v) is 3.60. The Morgan fingerprint density at radius 1 is 1.22 bits per heavy atom. The van der Waals surface area contributed by atoms with Crippen molar-refractivity contribution < 1.29 is 19.2 Å². The quantitative estimate of drug-likeness (QED) is 0.780. The Morgan fingerprint density at radius 3 is 2.61 bits per heavy atom. The Hall–Kier alpha value is -2.61. The molecule has 0 spiro atoms. The molecule has 0 N–H and O–H groups in total. The van der Waals surface area contributed by atoms with E-state index in [0.717, 1.165) is 17.4 Å². The predicted octanol–water partition coefficient (Wildman–Crippen LogP) is 1.39. The average Bonchev–Trinajstić information content (AvgIpc) is 3.21. The minimum absolute atomic E-state index is 0.0145. The first-order valence-corrected chi connectivity index (χ1v) is 7.89. The van der Waals surface area contributed by atoms with Crippen LogP contribution in [0.2, 0.25) is 0 Å². The van der Waals surface area contributed by atoms with Crippen LogP contribution < -0.4 is 0 Å². The molecule has 0 aromatic heterocycles. The summed E-state index contributed by atoms with van der Waals surface area (Å²) in [5.74, 6) is -1.88. The monoisotopic (exact) mass is 329 g/mol. The second kappa shape index (κ2) is 5.24. The number of nitrogens with zero attached hydrogens (tertiary/aromatic N) is 3. The maximum absolute atomic E-state index is 12.1. The van der Waals surface area contributed by atoms with Crippen LogP contribution in [-0.4, -0.2) is 46.0 Å². The van der Waals surface area contributed by atoms with Crippen LogP contribution in [0.4, 0.5) is 0 Å². The van der Waals surface area contributed by atoms with E-state index in [2.05, 4.69) is 4.99 Å². The van der Waals surface area contributed by atoms with Gasteiger partial charge in [-0.1, -0.05) is 29.0 Å². The van der Waals surface area contributed by atoms with Crippen LogP contribution in [0, 0.1) is 0 Å². The van der Waals surface area contributed by atoms with Crippen molar-refractivity contribution >= 4 is 34.7 Å². The lowest BCUT2D eigenvalue weighted by Crippen LogP contribution is -2.33. The fourth-order valence-electron chi connectivity index (χ4n) is 2.65. The topological polar surface area (TPSA) is 79.3 Å². The summed E-state index contributed by atoms with van der Waals surface area (Å²) >= 11 is 1.46. The number of carbonyl (C=O) groups is 3. The van der Waals surface area contributed by atoms with Crippen molar-refractivity contribution in [1.29, 1.82) is 0 Å². The van der Waals surface area contributed by atoms with Crippen molar-refractivity contribution in [2.45, 2.75) is 6.42 Å². The van der Waals surface area contributed by atoms with Gasteiger partial charge in [0.2, 0.25) is 0 Å². The number of imide groups is 1. The Morgan fingerprint density at radius 2 is 1.91 bits per heavy atom. The van der Waals surface area contributed by atoms with Gasteiger partial charge < -0.3 is 9.74 Å². The average molecular weight is 329 g/mol. The Bertz CT molecular complexity index is 767. The molecule has 8 heteroatoms. The van der Waals surface area contributed by atoms with Crippen LogP contribution in [-0.2, 0) is 9.63 Å². The predicted molar refractivity (Wildman–Crippen MR) is 82.3 cm³/mol. The minimum atomic E-state index is -0.653. The Labute approximate surface area is 135 Å². The summed E-state index contributed by atoms with van der Waals surface area (Å²) in [5, 5.41) is 3.24. The van der Waals surface area contributed by atoms with E-state index in [1.165, 1.54) is 23.9 Å². The summed E-state index contributed by atoms with van der Waals surface area (Å²) in [4.78, 5) is 47.6. The van der Waals surface area contributed by atoms with Crippen LogP contribution in [0.1, 0.15) is 27.1 Å². The number of carbonyl (C=O) groups excluding carboxylic acids is 3. The van der Waals surface area contributed by atoms with Gasteiger partial charge in [0.1, 0.15) is 0 Å². The second-order valence-corrected chi connectivity index (χ2v) is 5.97. The number of amides is 2. The van der Waals surface area contributed by atoms with Crippen LogP contribution in [0.15, 0.2) is 40.4 Å². The van der Waals surface area contributed by atoms with Crippen molar-refractivity contribution in [1.82, 2.24) is 9.96 Å². The standard InChI is InChI=1S/C15H11N3O4S/c19-12(7-9-8-23-15-16-5-6-17(9)15)22-18-13(20)10-3-1-2-4-11(10)14(18)21/h1-4,8H,5-7H2. The third-order valence-corrected chi connectivity index (χ3v) is 4.67. The van der Waals surface area contributed by atoms with Gasteiger partial charge in [-0.2, -0.15) is 0 Å². The van der Waals surface area contributed by atoms with Gasteiger partial charge >= 0.3 is 5.97 Å². The molecule has 1 aromatic carbocycles. The zero-order valence-corrected chi connectivity index (χ0v) is 12.7. The lowest BCUT2D eigenvalue weighted by Gasteiger charge is -2.17. The summed E-state index contributed by atoms with van der Waals surface area (Å²) in [6, 6.07) is 6.38. The Kier molecular flexibility index (Phi) is 3.19. The van der Waals surface area contributed by atoms with Gasteiger partial charge in [-0.15, -0.1) is 0 Å². The van der Waals surface area contributed by atoms with E-state index in [1.54, 1.807) is 12.1 Å². The summed E-state index contributed by atoms with van der Waals surface area (Å²) in [6.07, 6.45) is -0.0145. The molecule has 1 aromatic rings. The van der Waals surface area contributed by atoms with Crippen molar-refractivity contribution in [2.24, 2.45) is 4.99 Å². The first-order valence-electron chi connectivity index (χ1n) is 7.01. The van der Waals surface area contributed by atoms with Gasteiger partial charge in [0.05, 0.1) is 24.1 Å². The van der Waals surface area contributed by atoms with Crippen molar-refractivity contribution in [2.75, 3.05) is 13.1 Å². The molecule has 3 aliphatic heterocycles. The number of hydrogen-bond donors (Lipinski definition) is 0. The molecule has 116 valence electrons. The van der Waals surface area contributed by atoms with Crippen LogP contribution in [0.3, 0.4) is 0 Å². The van der Waals surface area contributed by atoms with Gasteiger partial charge in [0.15, 0.2) is 5.17 Å². The molecule has 23 heavy (non-hydrogen) atoms. The van der Waals surface area contributed by atoms with E-state index in [0.29, 0.717) is 11.6 Å². The molecule has 0 aliphatic carbocycles. The largest absolute Gasteiger partial charge is 0.339 e. The number of fused-ring (bicyclic) bond motifs is 2. The van der Waals surface area contributed by atoms with Gasteiger partial charge in [-0.3, -0.25) is 14.6 Å². The fraction of sp³-hybridized carbons (Fsp3) is 0.200. The van der Waals surface area contributed by atoms with E-state index in [9.17, 15) is 14.4 Å². The molecule has 2 amide bonds. The van der Waals surface area contributed by atoms with Gasteiger partial charge in [0, 0.05) is 12.2 Å². The number of hydroxylamine groups is 2. The summed E-state index contributed by atoms with van der Waals surface area (Å²) < 4.78 is 0. The van der Waals surface area contributed by atoms with E-state index in [1.807, 2.05) is 10.3 Å². The minimum Gasteiger partial charge on any atom is -0.329 e. The van der Waals surface area contributed by atoms with Gasteiger partial charge in [-0.25, -0.2) is 4.79 Å². The maximum atomic E-state index is 12.1. The molecular weight excluding hydrogens is 318 g/mol. The SMILES string of the molecule is O=C(CC1=CSC2=NCCN12)ON1C(=O)c2ccccc2C1=O. The number of amidine groups is 1. The van der Waals surface area contributed by atoms with Crippen LogP contribution >= 0.6 is 11.8 Å². The Balaban J connectivity index is 1.45. The van der Waals surface area contributed by atoms with Gasteiger partial charge in [-0.05, 0) is 17.5 Å². The van der Waals surface area contributed by atoms with Crippen molar-refractivity contribution in [3.63, 3.8) is 0 Å². The lowest BCUT2D eigenvalue weighted by atomic mass is 10.1. The number of aliphatic imine (C=N–C) groups is 1. The number of benzene rings is 1. The third-order valence-electron chi connectivity index (χ3n) is 3.72. The molecule has 0 saturated heterocycles. The van der Waals surface area contributed by atoms with Gasteiger partial charge in [0.25, 0.3) is 11.8 Å². The summed E-state index contributed by atoms with van der Waals surface area (Å²) in [5.41, 5.74) is 1.26. The highest BCUT2D eigenvalue weighted by Crippen LogP contribution is 2.31.